The van der Waals surface area contributed by atoms with E-state index in [9.17, 15) is 9.59 Å². The van der Waals surface area contributed by atoms with Gasteiger partial charge >= 0.3 is 0 Å². The summed E-state index contributed by atoms with van der Waals surface area (Å²) in [7, 11) is 0. The van der Waals surface area contributed by atoms with Crippen LogP contribution in [0.2, 0.25) is 5.02 Å². The van der Waals surface area contributed by atoms with Crippen molar-refractivity contribution in [3.05, 3.63) is 58.6 Å². The zero-order chi connectivity index (χ0) is 18.5. The third kappa shape index (κ3) is 4.35. The molecule has 0 saturated heterocycles. The Morgan fingerprint density at radius 1 is 1.19 bits per heavy atom. The van der Waals surface area contributed by atoms with Crippen molar-refractivity contribution >= 4 is 29.1 Å². The third-order valence-electron chi connectivity index (χ3n) is 4.32. The molecule has 1 aliphatic heterocycles. The fourth-order valence-electron chi connectivity index (χ4n) is 2.95. The number of anilines is 1. The minimum absolute atomic E-state index is 0.0502. The van der Waals surface area contributed by atoms with Gasteiger partial charge in [0.25, 0.3) is 5.91 Å². The Morgan fingerprint density at radius 2 is 1.96 bits per heavy atom. The van der Waals surface area contributed by atoms with Crippen molar-refractivity contribution in [2.24, 2.45) is 0 Å². The van der Waals surface area contributed by atoms with Crippen LogP contribution in [-0.2, 0) is 22.6 Å². The average Bonchev–Trinajstić information content (AvgIpc) is 3.08. The Kier molecular flexibility index (Phi) is 5.78. The van der Waals surface area contributed by atoms with Gasteiger partial charge in [0, 0.05) is 30.2 Å². The molecule has 1 N–H and O–H groups in total. The molecule has 1 heterocycles. The third-order valence-corrected chi connectivity index (χ3v) is 4.57. The lowest BCUT2D eigenvalue weighted by atomic mass is 10.1. The molecular weight excluding hydrogens is 352 g/mol. The van der Waals surface area contributed by atoms with E-state index in [1.54, 1.807) is 24.3 Å². The standard InChI is InChI=1S/C20H21ClN2O3/c1-2-20(25)23-10-9-15-11-14(3-8-18(15)23)12-22-19(24)13-26-17-6-4-16(21)5-7-17/h3-8,11H,2,9-10,12-13H2,1H3,(H,22,24). The smallest absolute Gasteiger partial charge is 0.258 e. The normalized spacial score (nSPS) is 12.6. The predicted molar refractivity (Wildman–Crippen MR) is 102 cm³/mol. The number of fused-ring (bicyclic) bond motifs is 1. The van der Waals surface area contributed by atoms with Crippen LogP contribution in [0.25, 0.3) is 0 Å². The zero-order valence-corrected chi connectivity index (χ0v) is 15.4. The average molecular weight is 373 g/mol. The lowest BCUT2D eigenvalue weighted by Crippen LogP contribution is -2.28. The minimum atomic E-state index is -0.191. The van der Waals surface area contributed by atoms with Gasteiger partial charge in [0.1, 0.15) is 5.75 Å². The molecule has 136 valence electrons. The summed E-state index contributed by atoms with van der Waals surface area (Å²) in [6, 6.07) is 12.8. The van der Waals surface area contributed by atoms with E-state index in [1.165, 1.54) is 0 Å². The fraction of sp³-hybridized carbons (Fsp3) is 0.300. The maximum Gasteiger partial charge on any atom is 0.258 e. The number of benzene rings is 2. The van der Waals surface area contributed by atoms with Gasteiger partial charge in [-0.15, -0.1) is 0 Å². The zero-order valence-electron chi connectivity index (χ0n) is 14.6. The van der Waals surface area contributed by atoms with Crippen LogP contribution in [0.5, 0.6) is 5.75 Å². The minimum Gasteiger partial charge on any atom is -0.484 e. The summed E-state index contributed by atoms with van der Waals surface area (Å²) in [6.45, 7) is 2.98. The Labute approximate surface area is 157 Å². The quantitative estimate of drug-likeness (QED) is 0.846. The maximum atomic E-state index is 12.0. The fourth-order valence-corrected chi connectivity index (χ4v) is 3.07. The molecule has 0 fully saturated rings. The van der Waals surface area contributed by atoms with Gasteiger partial charge in [-0.1, -0.05) is 30.7 Å². The summed E-state index contributed by atoms with van der Waals surface area (Å²) in [5, 5.41) is 3.47. The molecule has 0 aliphatic carbocycles. The van der Waals surface area contributed by atoms with E-state index >= 15 is 0 Å². The van der Waals surface area contributed by atoms with Crippen molar-refractivity contribution in [1.82, 2.24) is 5.32 Å². The van der Waals surface area contributed by atoms with Crippen LogP contribution in [0.15, 0.2) is 42.5 Å². The van der Waals surface area contributed by atoms with Crippen molar-refractivity contribution in [2.75, 3.05) is 18.1 Å². The molecule has 0 radical (unpaired) electrons. The van der Waals surface area contributed by atoms with Crippen LogP contribution in [-0.4, -0.2) is 25.0 Å². The van der Waals surface area contributed by atoms with E-state index in [4.69, 9.17) is 16.3 Å². The summed E-state index contributed by atoms with van der Waals surface area (Å²) in [6.07, 6.45) is 1.35. The van der Waals surface area contributed by atoms with Crippen molar-refractivity contribution in [3.63, 3.8) is 0 Å². The number of nitrogens with zero attached hydrogens (tertiary/aromatic N) is 1. The van der Waals surface area contributed by atoms with E-state index < -0.39 is 0 Å². The first-order chi connectivity index (χ1) is 12.6. The number of hydrogen-bond donors (Lipinski definition) is 1. The molecule has 0 bridgehead atoms. The van der Waals surface area contributed by atoms with Crippen LogP contribution in [0, 0.1) is 0 Å². The van der Waals surface area contributed by atoms with Gasteiger partial charge in [-0.05, 0) is 47.9 Å². The number of rotatable bonds is 6. The maximum absolute atomic E-state index is 12.0. The molecule has 0 atom stereocenters. The van der Waals surface area contributed by atoms with Crippen molar-refractivity contribution in [3.8, 4) is 5.75 Å². The Bertz CT molecular complexity index is 805. The van der Waals surface area contributed by atoms with Gasteiger partial charge in [0.2, 0.25) is 5.91 Å². The molecule has 5 nitrogen and oxygen atoms in total. The Morgan fingerprint density at radius 3 is 2.69 bits per heavy atom. The van der Waals surface area contributed by atoms with E-state index in [2.05, 4.69) is 11.4 Å². The number of amides is 2. The second-order valence-corrected chi connectivity index (χ2v) is 6.57. The topological polar surface area (TPSA) is 58.6 Å². The Balaban J connectivity index is 1.51. The first-order valence-corrected chi connectivity index (χ1v) is 9.02. The summed E-state index contributed by atoms with van der Waals surface area (Å²) >= 11 is 5.81. The highest BCUT2D eigenvalue weighted by atomic mass is 35.5. The number of carbonyl (C=O) groups is 2. The van der Waals surface area contributed by atoms with Gasteiger partial charge in [0.05, 0.1) is 0 Å². The summed E-state index contributed by atoms with van der Waals surface area (Å²) < 4.78 is 5.42. The molecule has 0 spiro atoms. The predicted octanol–water partition coefficient (Wildman–Crippen LogP) is 3.33. The van der Waals surface area contributed by atoms with Gasteiger partial charge in [-0.3, -0.25) is 9.59 Å². The summed E-state index contributed by atoms with van der Waals surface area (Å²) in [5.74, 6) is 0.551. The summed E-state index contributed by atoms with van der Waals surface area (Å²) in [5.41, 5.74) is 3.14. The van der Waals surface area contributed by atoms with Crippen molar-refractivity contribution in [1.29, 1.82) is 0 Å². The Hall–Kier alpha value is -2.53. The number of ether oxygens (including phenoxy) is 1. The number of hydrogen-bond acceptors (Lipinski definition) is 3. The van der Waals surface area contributed by atoms with E-state index in [-0.39, 0.29) is 18.4 Å². The second-order valence-electron chi connectivity index (χ2n) is 6.13. The van der Waals surface area contributed by atoms with Crippen molar-refractivity contribution < 1.29 is 14.3 Å². The van der Waals surface area contributed by atoms with Gasteiger partial charge < -0.3 is 15.0 Å². The van der Waals surface area contributed by atoms with Crippen LogP contribution >= 0.6 is 11.6 Å². The molecule has 2 aromatic rings. The SMILES string of the molecule is CCC(=O)N1CCc2cc(CNC(=O)COc3ccc(Cl)cc3)ccc21. The molecule has 26 heavy (non-hydrogen) atoms. The largest absolute Gasteiger partial charge is 0.484 e. The van der Waals surface area contributed by atoms with Crippen LogP contribution in [0.4, 0.5) is 5.69 Å². The highest BCUT2D eigenvalue weighted by Gasteiger charge is 2.23. The van der Waals surface area contributed by atoms with Gasteiger partial charge in [-0.25, -0.2) is 0 Å². The highest BCUT2D eigenvalue weighted by molar-refractivity contribution is 6.30. The molecule has 6 heteroatoms. The molecule has 3 rings (SSSR count). The lowest BCUT2D eigenvalue weighted by Gasteiger charge is -2.16. The molecule has 0 aromatic heterocycles. The first kappa shape index (κ1) is 18.3. The van der Waals surface area contributed by atoms with Gasteiger partial charge in [-0.2, -0.15) is 0 Å². The molecule has 2 amide bonds. The van der Waals surface area contributed by atoms with Crippen LogP contribution < -0.4 is 15.0 Å². The molecule has 0 unspecified atom stereocenters. The van der Waals surface area contributed by atoms with Crippen LogP contribution in [0.3, 0.4) is 0 Å². The van der Waals surface area contributed by atoms with Crippen LogP contribution in [0.1, 0.15) is 24.5 Å². The number of carbonyl (C=O) groups excluding carboxylic acids is 2. The highest BCUT2D eigenvalue weighted by Crippen LogP contribution is 2.29. The summed E-state index contributed by atoms with van der Waals surface area (Å²) in [4.78, 5) is 25.7. The molecular formula is C20H21ClN2O3. The first-order valence-electron chi connectivity index (χ1n) is 8.64. The molecule has 2 aromatic carbocycles. The number of halogens is 1. The van der Waals surface area contributed by atoms with Gasteiger partial charge in [0.15, 0.2) is 6.61 Å². The number of nitrogens with one attached hydrogen (secondary N) is 1. The monoisotopic (exact) mass is 372 g/mol. The lowest BCUT2D eigenvalue weighted by molar-refractivity contribution is -0.123. The van der Waals surface area contributed by atoms with Crippen molar-refractivity contribution in [2.45, 2.75) is 26.3 Å². The van der Waals surface area contributed by atoms with E-state index in [0.717, 1.165) is 29.8 Å². The second kappa shape index (κ2) is 8.23. The van der Waals surface area contributed by atoms with E-state index in [1.807, 2.05) is 24.0 Å². The molecule has 0 saturated carbocycles. The molecule has 1 aliphatic rings. The van der Waals surface area contributed by atoms with E-state index in [0.29, 0.717) is 23.7 Å².